The van der Waals surface area contributed by atoms with Gasteiger partial charge >= 0.3 is 12.3 Å². The van der Waals surface area contributed by atoms with E-state index in [4.69, 9.17) is 4.74 Å². The number of nitrogens with zero attached hydrogens (tertiary/aromatic N) is 1. The third-order valence-corrected chi connectivity index (χ3v) is 5.94. The van der Waals surface area contributed by atoms with Crippen molar-refractivity contribution in [2.24, 2.45) is 0 Å². The van der Waals surface area contributed by atoms with Crippen LogP contribution in [-0.4, -0.2) is 43.5 Å². The number of halogens is 3. The molecule has 1 amide bonds. The van der Waals surface area contributed by atoms with Crippen LogP contribution in [0.4, 0.5) is 18.0 Å². The van der Waals surface area contributed by atoms with Gasteiger partial charge in [0.15, 0.2) is 0 Å². The fourth-order valence-electron chi connectivity index (χ4n) is 2.78. The van der Waals surface area contributed by atoms with E-state index in [-0.39, 0.29) is 32.0 Å². The summed E-state index contributed by atoms with van der Waals surface area (Å²) in [5.41, 5.74) is -1.84. The molecule has 0 spiro atoms. The zero-order chi connectivity index (χ0) is 20.5. The third-order valence-electron chi connectivity index (χ3n) is 3.99. The molecule has 1 fully saturated rings. The number of hydrogen-bond donors (Lipinski definition) is 1. The maximum atomic E-state index is 13.1. The molecule has 0 atom stereocenters. The van der Waals surface area contributed by atoms with E-state index < -0.39 is 38.4 Å². The lowest BCUT2D eigenvalue weighted by molar-refractivity contribution is -0.139. The van der Waals surface area contributed by atoms with Crippen molar-refractivity contribution in [3.05, 3.63) is 29.8 Å². The molecular formula is C17H23F3N2O4S. The van der Waals surface area contributed by atoms with Crippen molar-refractivity contribution in [3.8, 4) is 0 Å². The fraction of sp³-hybridized carbons (Fsp3) is 0.588. The molecule has 1 aromatic carbocycles. The highest BCUT2D eigenvalue weighted by molar-refractivity contribution is 7.89. The lowest BCUT2D eigenvalue weighted by Crippen LogP contribution is -2.47. The summed E-state index contributed by atoms with van der Waals surface area (Å²) in [6, 6.07) is 3.83. The zero-order valence-electron chi connectivity index (χ0n) is 15.3. The molecule has 2 rings (SSSR count). The van der Waals surface area contributed by atoms with Crippen molar-refractivity contribution in [3.63, 3.8) is 0 Å². The average Bonchev–Trinajstić information content (AvgIpc) is 2.52. The number of alkyl halides is 3. The van der Waals surface area contributed by atoms with E-state index in [9.17, 15) is 26.4 Å². The van der Waals surface area contributed by atoms with E-state index in [1.54, 1.807) is 20.8 Å². The molecule has 1 heterocycles. The summed E-state index contributed by atoms with van der Waals surface area (Å²) >= 11 is 0. The fourth-order valence-corrected chi connectivity index (χ4v) is 4.46. The quantitative estimate of drug-likeness (QED) is 0.832. The van der Waals surface area contributed by atoms with Crippen molar-refractivity contribution < 1.29 is 31.1 Å². The predicted molar refractivity (Wildman–Crippen MR) is 92.6 cm³/mol. The summed E-state index contributed by atoms with van der Waals surface area (Å²) in [6.07, 6.45) is -4.80. The first-order valence-electron chi connectivity index (χ1n) is 8.46. The van der Waals surface area contributed by atoms with Gasteiger partial charge < -0.3 is 10.1 Å². The molecule has 0 aliphatic carbocycles. The largest absolute Gasteiger partial charge is 0.444 e. The summed E-state index contributed by atoms with van der Waals surface area (Å²) < 4.78 is 71.0. The van der Waals surface area contributed by atoms with Gasteiger partial charge in [-0.15, -0.1) is 0 Å². The van der Waals surface area contributed by atoms with Crippen LogP contribution in [0.2, 0.25) is 0 Å². The van der Waals surface area contributed by atoms with Gasteiger partial charge in [-0.1, -0.05) is 12.1 Å². The van der Waals surface area contributed by atoms with Crippen LogP contribution in [0.25, 0.3) is 0 Å². The number of carbonyl (C=O) groups is 1. The van der Waals surface area contributed by atoms with Gasteiger partial charge in [-0.25, -0.2) is 13.2 Å². The van der Waals surface area contributed by atoms with Crippen molar-refractivity contribution in [2.45, 2.75) is 56.3 Å². The standard InChI is InChI=1S/C17H23F3N2O4S/c1-16(2,3)26-15(23)21-12-8-10-22(11-9-12)27(24,25)14-7-5-4-6-13(14)17(18,19)20/h4-7,12H,8-11H2,1-3H3,(H,21,23). The minimum Gasteiger partial charge on any atom is -0.444 e. The van der Waals surface area contributed by atoms with Crippen molar-refractivity contribution in [2.75, 3.05) is 13.1 Å². The Kier molecular flexibility index (Phi) is 6.10. The monoisotopic (exact) mass is 408 g/mol. The van der Waals surface area contributed by atoms with Gasteiger partial charge in [0.2, 0.25) is 10.0 Å². The summed E-state index contributed by atoms with van der Waals surface area (Å²) in [5.74, 6) is 0. The summed E-state index contributed by atoms with van der Waals surface area (Å²) in [7, 11) is -4.29. The number of benzene rings is 1. The Labute approximate surface area is 156 Å². The average molecular weight is 408 g/mol. The molecular weight excluding hydrogens is 385 g/mol. The van der Waals surface area contributed by atoms with Crippen LogP contribution < -0.4 is 5.32 Å². The molecule has 1 aliphatic rings. The highest BCUT2D eigenvalue weighted by Crippen LogP contribution is 2.35. The van der Waals surface area contributed by atoms with Gasteiger partial charge in [0.25, 0.3) is 0 Å². The Morgan fingerprint density at radius 1 is 1.15 bits per heavy atom. The second-order valence-electron chi connectivity index (χ2n) is 7.32. The van der Waals surface area contributed by atoms with Crippen LogP contribution in [-0.2, 0) is 20.9 Å². The molecule has 0 unspecified atom stereocenters. The van der Waals surface area contributed by atoms with E-state index in [0.717, 1.165) is 22.5 Å². The Bertz CT molecular complexity index is 780. The first kappa shape index (κ1) is 21.5. The smallest absolute Gasteiger partial charge is 0.417 e. The van der Waals surface area contributed by atoms with Crippen molar-refractivity contribution in [1.29, 1.82) is 0 Å². The lowest BCUT2D eigenvalue weighted by atomic mass is 10.1. The second-order valence-corrected chi connectivity index (χ2v) is 9.22. The maximum absolute atomic E-state index is 13.1. The molecule has 1 aromatic rings. The molecule has 6 nitrogen and oxygen atoms in total. The molecule has 0 bridgehead atoms. The van der Waals surface area contributed by atoms with E-state index in [1.807, 2.05) is 0 Å². The van der Waals surface area contributed by atoms with Gasteiger partial charge in [0, 0.05) is 19.1 Å². The number of piperidine rings is 1. The van der Waals surface area contributed by atoms with Gasteiger partial charge in [-0.3, -0.25) is 0 Å². The number of amides is 1. The Balaban J connectivity index is 2.07. The van der Waals surface area contributed by atoms with Crippen LogP contribution in [0.1, 0.15) is 39.2 Å². The van der Waals surface area contributed by atoms with Crippen molar-refractivity contribution in [1.82, 2.24) is 9.62 Å². The van der Waals surface area contributed by atoms with Crippen LogP contribution in [0, 0.1) is 0 Å². The Morgan fingerprint density at radius 3 is 2.22 bits per heavy atom. The number of alkyl carbamates (subject to hydrolysis) is 1. The summed E-state index contributed by atoms with van der Waals surface area (Å²) in [4.78, 5) is 11.0. The topological polar surface area (TPSA) is 75.7 Å². The molecule has 1 saturated heterocycles. The number of carbonyl (C=O) groups excluding carboxylic acids is 1. The normalized spacial score (nSPS) is 17.6. The first-order valence-corrected chi connectivity index (χ1v) is 9.90. The minimum absolute atomic E-state index is 0.00892. The molecule has 152 valence electrons. The van der Waals surface area contributed by atoms with Crippen LogP contribution >= 0.6 is 0 Å². The van der Waals surface area contributed by atoms with E-state index in [1.165, 1.54) is 6.07 Å². The van der Waals surface area contributed by atoms with E-state index >= 15 is 0 Å². The Morgan fingerprint density at radius 2 is 1.70 bits per heavy atom. The van der Waals surface area contributed by atoms with Crippen LogP contribution in [0.15, 0.2) is 29.2 Å². The van der Waals surface area contributed by atoms with Gasteiger partial charge in [-0.2, -0.15) is 17.5 Å². The number of sulfonamides is 1. The van der Waals surface area contributed by atoms with E-state index in [2.05, 4.69) is 5.32 Å². The molecule has 10 heteroatoms. The first-order chi connectivity index (χ1) is 12.3. The summed E-state index contributed by atoms with van der Waals surface area (Å²) in [5, 5.41) is 2.66. The predicted octanol–water partition coefficient (Wildman–Crippen LogP) is 3.38. The molecule has 0 saturated carbocycles. The van der Waals surface area contributed by atoms with Gasteiger partial charge in [-0.05, 0) is 45.7 Å². The van der Waals surface area contributed by atoms with E-state index in [0.29, 0.717) is 0 Å². The van der Waals surface area contributed by atoms with Crippen molar-refractivity contribution >= 4 is 16.1 Å². The minimum atomic E-state index is -4.76. The summed E-state index contributed by atoms with van der Waals surface area (Å²) in [6.45, 7) is 5.18. The van der Waals surface area contributed by atoms with Crippen LogP contribution in [0.5, 0.6) is 0 Å². The maximum Gasteiger partial charge on any atom is 0.417 e. The molecule has 0 aromatic heterocycles. The third kappa shape index (κ3) is 5.58. The van der Waals surface area contributed by atoms with Gasteiger partial charge in [0.05, 0.1) is 10.5 Å². The number of hydrogen-bond acceptors (Lipinski definition) is 4. The molecule has 0 radical (unpaired) electrons. The lowest BCUT2D eigenvalue weighted by Gasteiger charge is -2.32. The number of ether oxygens (including phenoxy) is 1. The molecule has 1 N–H and O–H groups in total. The molecule has 1 aliphatic heterocycles. The Hall–Kier alpha value is -1.81. The highest BCUT2D eigenvalue weighted by atomic mass is 32.2. The van der Waals surface area contributed by atoms with Crippen LogP contribution in [0.3, 0.4) is 0 Å². The SMILES string of the molecule is CC(C)(C)OC(=O)NC1CCN(S(=O)(=O)c2ccccc2C(F)(F)F)CC1. The van der Waals surface area contributed by atoms with Gasteiger partial charge in [0.1, 0.15) is 5.60 Å². The molecule has 27 heavy (non-hydrogen) atoms. The zero-order valence-corrected chi connectivity index (χ0v) is 16.2. The number of nitrogens with one attached hydrogen (secondary N) is 1. The second kappa shape index (κ2) is 7.67. The highest BCUT2D eigenvalue weighted by Gasteiger charge is 2.39. The number of rotatable bonds is 3.